The number of ether oxygens (including phenoxy) is 1. The highest BCUT2D eigenvalue weighted by atomic mass is 19.2. The van der Waals surface area contributed by atoms with Crippen LogP contribution in [0.25, 0.3) is 11.1 Å². The van der Waals surface area contributed by atoms with Crippen LogP contribution in [0.4, 0.5) is 17.6 Å². The Morgan fingerprint density at radius 3 is 2.14 bits per heavy atom. The van der Waals surface area contributed by atoms with E-state index in [0.717, 1.165) is 37.7 Å². The maximum atomic E-state index is 15.1. The molecule has 5 heteroatoms. The number of hydrogen-bond donors (Lipinski definition) is 0. The quantitative estimate of drug-likeness (QED) is 0.267. The number of unbranched alkanes of at least 4 members (excludes halogenated alkanes) is 1. The highest BCUT2D eigenvalue weighted by Gasteiger charge is 2.27. The SMILES string of the molecule is CCCCc1ccc(OCC2CCC(c3ccc(-c4ccc(CC)cc4)c(F)c3F)CC2)c(F)c1F. The molecule has 0 unspecified atom stereocenters. The van der Waals surface area contributed by atoms with E-state index in [1.165, 1.54) is 6.07 Å². The van der Waals surface area contributed by atoms with Crippen molar-refractivity contribution in [1.82, 2.24) is 0 Å². The Kier molecular flexibility index (Phi) is 8.71. The smallest absolute Gasteiger partial charge is 0.200 e. The van der Waals surface area contributed by atoms with Crippen molar-refractivity contribution in [2.45, 2.75) is 71.1 Å². The lowest BCUT2D eigenvalue weighted by atomic mass is 9.78. The van der Waals surface area contributed by atoms with Gasteiger partial charge in [0.15, 0.2) is 23.2 Å². The van der Waals surface area contributed by atoms with Gasteiger partial charge in [-0.3, -0.25) is 0 Å². The average Bonchev–Trinajstić information content (AvgIpc) is 2.91. The van der Waals surface area contributed by atoms with Crippen molar-refractivity contribution in [3.8, 4) is 16.9 Å². The maximum Gasteiger partial charge on any atom is 0.200 e. The molecule has 1 aliphatic rings. The van der Waals surface area contributed by atoms with E-state index < -0.39 is 23.3 Å². The fourth-order valence-electron chi connectivity index (χ4n) is 5.11. The summed E-state index contributed by atoms with van der Waals surface area (Å²) in [4.78, 5) is 0. The van der Waals surface area contributed by atoms with E-state index in [2.05, 4.69) is 6.92 Å². The lowest BCUT2D eigenvalue weighted by Crippen LogP contribution is -2.20. The molecule has 0 radical (unpaired) electrons. The van der Waals surface area contributed by atoms with Gasteiger partial charge >= 0.3 is 0 Å². The van der Waals surface area contributed by atoms with Crippen LogP contribution in [-0.4, -0.2) is 6.61 Å². The zero-order valence-corrected chi connectivity index (χ0v) is 21.1. The Labute approximate surface area is 211 Å². The van der Waals surface area contributed by atoms with Crippen molar-refractivity contribution < 1.29 is 22.3 Å². The molecule has 0 atom stereocenters. The number of halogens is 4. The van der Waals surface area contributed by atoms with E-state index in [1.54, 1.807) is 18.2 Å². The number of rotatable bonds is 9. The molecule has 0 heterocycles. The molecule has 1 aliphatic carbocycles. The highest BCUT2D eigenvalue weighted by molar-refractivity contribution is 5.65. The van der Waals surface area contributed by atoms with Crippen molar-refractivity contribution in [1.29, 1.82) is 0 Å². The first-order valence-electron chi connectivity index (χ1n) is 13.1. The first-order valence-corrected chi connectivity index (χ1v) is 13.1. The predicted molar refractivity (Wildman–Crippen MR) is 136 cm³/mol. The summed E-state index contributed by atoms with van der Waals surface area (Å²) in [5.74, 6) is -3.31. The molecule has 0 saturated heterocycles. The summed E-state index contributed by atoms with van der Waals surface area (Å²) < 4.78 is 64.4. The van der Waals surface area contributed by atoms with Crippen LogP contribution in [0.5, 0.6) is 5.75 Å². The highest BCUT2D eigenvalue weighted by Crippen LogP contribution is 2.39. The van der Waals surface area contributed by atoms with Crippen LogP contribution in [0.3, 0.4) is 0 Å². The van der Waals surface area contributed by atoms with Crippen LogP contribution < -0.4 is 4.74 Å². The zero-order chi connectivity index (χ0) is 25.7. The van der Waals surface area contributed by atoms with Gasteiger partial charge in [0.05, 0.1) is 6.61 Å². The summed E-state index contributed by atoms with van der Waals surface area (Å²) in [6.07, 6.45) is 6.01. The molecule has 1 nitrogen and oxygen atoms in total. The molecule has 36 heavy (non-hydrogen) atoms. The molecule has 3 aromatic rings. The molecule has 0 aromatic heterocycles. The number of aryl methyl sites for hydroxylation is 2. The van der Waals surface area contributed by atoms with Crippen LogP contribution in [0.2, 0.25) is 0 Å². The molecule has 0 aliphatic heterocycles. The Balaban J connectivity index is 1.35. The monoisotopic (exact) mass is 498 g/mol. The molecular weight excluding hydrogens is 464 g/mol. The molecule has 3 aromatic carbocycles. The van der Waals surface area contributed by atoms with Gasteiger partial charge in [-0.1, -0.05) is 62.7 Å². The predicted octanol–water partition coefficient (Wildman–Crippen LogP) is 9.17. The van der Waals surface area contributed by atoms with Crippen LogP contribution in [0, 0.1) is 29.2 Å². The van der Waals surface area contributed by atoms with E-state index in [0.29, 0.717) is 36.0 Å². The van der Waals surface area contributed by atoms with Crippen LogP contribution in [0.1, 0.15) is 75.0 Å². The summed E-state index contributed by atoms with van der Waals surface area (Å²) in [5.41, 5.74) is 2.87. The van der Waals surface area contributed by atoms with Gasteiger partial charge < -0.3 is 4.74 Å². The Morgan fingerprint density at radius 2 is 1.47 bits per heavy atom. The normalized spacial score (nSPS) is 17.8. The van der Waals surface area contributed by atoms with Crippen LogP contribution in [-0.2, 0) is 12.8 Å². The summed E-state index contributed by atoms with van der Waals surface area (Å²) in [6, 6.07) is 14.0. The minimum atomic E-state index is -0.931. The lowest BCUT2D eigenvalue weighted by Gasteiger charge is -2.29. The first kappa shape index (κ1) is 26.2. The molecular formula is C31H34F4O. The maximum absolute atomic E-state index is 15.1. The van der Waals surface area contributed by atoms with Crippen molar-refractivity contribution in [3.05, 3.63) is 88.5 Å². The van der Waals surface area contributed by atoms with E-state index in [-0.39, 0.29) is 29.8 Å². The van der Waals surface area contributed by atoms with E-state index in [1.807, 2.05) is 31.2 Å². The Morgan fingerprint density at radius 1 is 0.750 bits per heavy atom. The third kappa shape index (κ3) is 5.77. The molecule has 1 fully saturated rings. The topological polar surface area (TPSA) is 9.23 Å². The summed E-state index contributed by atoms with van der Waals surface area (Å²) in [5, 5.41) is 0. The van der Waals surface area contributed by atoms with E-state index >= 15 is 4.39 Å². The molecule has 0 amide bonds. The number of benzene rings is 3. The molecule has 0 N–H and O–H groups in total. The van der Waals surface area contributed by atoms with E-state index in [4.69, 9.17) is 4.74 Å². The minimum absolute atomic E-state index is 0.0643. The second-order valence-electron chi connectivity index (χ2n) is 9.86. The van der Waals surface area contributed by atoms with Gasteiger partial charge in [-0.2, -0.15) is 4.39 Å². The lowest BCUT2D eigenvalue weighted by molar-refractivity contribution is 0.191. The van der Waals surface area contributed by atoms with Crippen molar-refractivity contribution >= 4 is 0 Å². The van der Waals surface area contributed by atoms with Gasteiger partial charge in [-0.15, -0.1) is 0 Å². The standard InChI is InChI=1S/C31H34F4O/c1-3-5-6-24-15-18-27(31(35)28(24)32)36-19-21-9-13-23(14-10-21)26-17-16-25(29(33)30(26)34)22-11-7-20(4-2)8-12-22/h7-8,11-12,15-18,21,23H,3-6,9-10,13-14,19H2,1-2H3. The van der Waals surface area contributed by atoms with Gasteiger partial charge in [0.1, 0.15) is 0 Å². The summed E-state index contributed by atoms with van der Waals surface area (Å²) in [7, 11) is 0. The second kappa shape index (κ2) is 11.9. The molecule has 192 valence electrons. The molecule has 0 bridgehead atoms. The largest absolute Gasteiger partial charge is 0.490 e. The summed E-state index contributed by atoms with van der Waals surface area (Å²) >= 11 is 0. The third-order valence-electron chi connectivity index (χ3n) is 7.47. The van der Waals surface area contributed by atoms with Gasteiger partial charge in [-0.05, 0) is 85.1 Å². The fraction of sp³-hybridized carbons (Fsp3) is 0.419. The van der Waals surface area contributed by atoms with Gasteiger partial charge in [0.2, 0.25) is 5.82 Å². The van der Waals surface area contributed by atoms with Crippen molar-refractivity contribution in [3.63, 3.8) is 0 Å². The fourth-order valence-corrected chi connectivity index (χ4v) is 5.11. The Bertz CT molecular complexity index is 1160. The zero-order valence-electron chi connectivity index (χ0n) is 21.1. The number of hydrogen-bond acceptors (Lipinski definition) is 1. The molecule has 0 spiro atoms. The first-order chi connectivity index (χ1) is 17.4. The van der Waals surface area contributed by atoms with Gasteiger partial charge in [-0.25, -0.2) is 13.2 Å². The van der Waals surface area contributed by atoms with E-state index in [9.17, 15) is 13.2 Å². The molecule has 4 rings (SSSR count). The van der Waals surface area contributed by atoms with Crippen molar-refractivity contribution in [2.75, 3.05) is 6.61 Å². The van der Waals surface area contributed by atoms with Crippen LogP contribution in [0.15, 0.2) is 48.5 Å². The van der Waals surface area contributed by atoms with Crippen LogP contribution >= 0.6 is 0 Å². The van der Waals surface area contributed by atoms with Gasteiger partial charge in [0.25, 0.3) is 0 Å². The Hall–Kier alpha value is -2.82. The summed E-state index contributed by atoms with van der Waals surface area (Å²) in [6.45, 7) is 4.34. The third-order valence-corrected chi connectivity index (χ3v) is 7.47. The minimum Gasteiger partial charge on any atom is -0.490 e. The van der Waals surface area contributed by atoms with Crippen molar-refractivity contribution in [2.24, 2.45) is 5.92 Å². The van der Waals surface area contributed by atoms with Gasteiger partial charge in [0, 0.05) is 5.56 Å². The average molecular weight is 499 g/mol. The second-order valence-corrected chi connectivity index (χ2v) is 9.86. The molecule has 1 saturated carbocycles.